The first kappa shape index (κ1) is 13.8. The third-order valence-electron chi connectivity index (χ3n) is 3.49. The molecular weight excluding hydrogens is 292 g/mol. The molecule has 1 aromatic heterocycles. The molecule has 2 heterocycles. The lowest BCUT2D eigenvalue weighted by Crippen LogP contribution is -2.10. The maximum atomic E-state index is 10.8. The minimum absolute atomic E-state index is 0.0578. The highest BCUT2D eigenvalue weighted by Gasteiger charge is 2.24. The van der Waals surface area contributed by atoms with E-state index in [9.17, 15) is 4.79 Å². The molecule has 1 unspecified atom stereocenters. The third-order valence-corrected chi connectivity index (χ3v) is 5.57. The Morgan fingerprint density at radius 2 is 2.45 bits per heavy atom. The van der Waals surface area contributed by atoms with Crippen LogP contribution in [0.25, 0.3) is 11.0 Å². The van der Waals surface area contributed by atoms with Gasteiger partial charge in [0.05, 0.1) is 16.8 Å². The molecule has 20 heavy (non-hydrogen) atoms. The number of benzene rings is 1. The first-order chi connectivity index (χ1) is 9.66. The summed E-state index contributed by atoms with van der Waals surface area (Å²) in [5.41, 5.74) is 3.27. The predicted octanol–water partition coefficient (Wildman–Crippen LogP) is 3.20. The summed E-state index contributed by atoms with van der Waals surface area (Å²) in [6, 6.07) is 6.62. The summed E-state index contributed by atoms with van der Waals surface area (Å²) >= 11 is 3.27. The molecule has 1 saturated heterocycles. The van der Waals surface area contributed by atoms with E-state index in [1.165, 1.54) is 17.5 Å². The Bertz CT molecular complexity index is 648. The van der Waals surface area contributed by atoms with Crippen LogP contribution in [0.1, 0.15) is 18.0 Å². The van der Waals surface area contributed by atoms with Crippen molar-refractivity contribution in [1.29, 1.82) is 0 Å². The molecule has 0 spiro atoms. The topological polar surface area (TPSA) is 55.1 Å². The number of hydrogen-bond acceptors (Lipinski definition) is 4. The van der Waals surface area contributed by atoms with Crippen LogP contribution in [0, 0.1) is 6.92 Å². The summed E-state index contributed by atoms with van der Waals surface area (Å²) in [5, 5.41) is 9.74. The Kier molecular flexibility index (Phi) is 3.94. The molecule has 0 radical (unpaired) electrons. The van der Waals surface area contributed by atoms with Crippen LogP contribution < -0.4 is 0 Å². The van der Waals surface area contributed by atoms with Crippen molar-refractivity contribution in [3.8, 4) is 0 Å². The minimum atomic E-state index is -0.800. The van der Waals surface area contributed by atoms with Crippen LogP contribution in [0.3, 0.4) is 0 Å². The van der Waals surface area contributed by atoms with E-state index in [0.717, 1.165) is 33.9 Å². The van der Waals surface area contributed by atoms with Crippen LogP contribution in [-0.2, 0) is 4.79 Å². The van der Waals surface area contributed by atoms with Gasteiger partial charge in [0.2, 0.25) is 0 Å². The Labute approximate surface area is 126 Å². The van der Waals surface area contributed by atoms with Gasteiger partial charge < -0.3 is 9.67 Å². The van der Waals surface area contributed by atoms with Crippen LogP contribution in [0.4, 0.5) is 0 Å². The number of imidazole rings is 1. The molecule has 2 aromatic rings. The highest BCUT2D eigenvalue weighted by atomic mass is 32.2. The van der Waals surface area contributed by atoms with E-state index in [4.69, 9.17) is 5.11 Å². The monoisotopic (exact) mass is 308 g/mol. The molecule has 106 valence electrons. The second-order valence-corrected chi connectivity index (χ2v) is 7.00. The Hall–Kier alpha value is -1.14. The van der Waals surface area contributed by atoms with Gasteiger partial charge in [0.15, 0.2) is 5.16 Å². The zero-order chi connectivity index (χ0) is 14.1. The number of carboxylic acid groups (broad SMARTS) is 1. The number of aryl methyl sites for hydroxylation is 1. The average molecular weight is 308 g/mol. The number of hydrogen-bond donors (Lipinski definition) is 1. The fourth-order valence-electron chi connectivity index (χ4n) is 2.54. The molecule has 1 atom stereocenters. The van der Waals surface area contributed by atoms with Crippen molar-refractivity contribution in [3.05, 3.63) is 23.8 Å². The summed E-state index contributed by atoms with van der Waals surface area (Å²) in [5.74, 6) is 1.51. The van der Waals surface area contributed by atoms with Gasteiger partial charge in [0.25, 0.3) is 0 Å². The molecule has 1 aromatic carbocycles. The SMILES string of the molecule is Cc1cccc2c1nc(SCC(=O)O)n2C1CCSC1. The molecule has 4 nitrogen and oxygen atoms in total. The highest BCUT2D eigenvalue weighted by molar-refractivity contribution is 8.00. The van der Waals surface area contributed by atoms with Gasteiger partial charge in [0.1, 0.15) is 0 Å². The lowest BCUT2D eigenvalue weighted by molar-refractivity contribution is -0.133. The van der Waals surface area contributed by atoms with Crippen LogP contribution in [-0.4, -0.2) is 37.9 Å². The molecule has 1 aliphatic heterocycles. The summed E-state index contributed by atoms with van der Waals surface area (Å²) in [6.07, 6.45) is 1.13. The van der Waals surface area contributed by atoms with E-state index in [-0.39, 0.29) is 5.75 Å². The van der Waals surface area contributed by atoms with Crippen molar-refractivity contribution in [1.82, 2.24) is 9.55 Å². The van der Waals surface area contributed by atoms with Crippen LogP contribution in [0.5, 0.6) is 0 Å². The summed E-state index contributed by atoms with van der Waals surface area (Å²) in [4.78, 5) is 15.5. The van der Waals surface area contributed by atoms with Crippen LogP contribution in [0.2, 0.25) is 0 Å². The lowest BCUT2D eigenvalue weighted by atomic mass is 10.2. The number of nitrogens with zero attached hydrogens (tertiary/aromatic N) is 2. The van der Waals surface area contributed by atoms with Gasteiger partial charge in [-0.25, -0.2) is 4.98 Å². The molecule has 0 saturated carbocycles. The first-order valence-electron chi connectivity index (χ1n) is 6.56. The van der Waals surface area contributed by atoms with E-state index < -0.39 is 5.97 Å². The lowest BCUT2D eigenvalue weighted by Gasteiger charge is -2.15. The molecule has 0 aliphatic carbocycles. The number of aliphatic carboxylic acids is 1. The van der Waals surface area contributed by atoms with Gasteiger partial charge in [-0.1, -0.05) is 23.9 Å². The van der Waals surface area contributed by atoms with Gasteiger partial charge in [-0.05, 0) is 30.7 Å². The first-order valence-corrected chi connectivity index (χ1v) is 8.70. The number of aromatic nitrogens is 2. The molecule has 1 N–H and O–H groups in total. The van der Waals surface area contributed by atoms with Crippen LogP contribution >= 0.6 is 23.5 Å². The van der Waals surface area contributed by atoms with Gasteiger partial charge >= 0.3 is 5.97 Å². The summed E-state index contributed by atoms with van der Waals surface area (Å²) in [6.45, 7) is 2.05. The zero-order valence-electron chi connectivity index (χ0n) is 11.2. The van der Waals surface area contributed by atoms with E-state index in [1.54, 1.807) is 0 Å². The fraction of sp³-hybridized carbons (Fsp3) is 0.429. The predicted molar refractivity (Wildman–Crippen MR) is 83.8 cm³/mol. The van der Waals surface area contributed by atoms with Gasteiger partial charge in [0, 0.05) is 11.8 Å². The molecule has 0 bridgehead atoms. The Balaban J connectivity index is 2.08. The quantitative estimate of drug-likeness (QED) is 0.879. The van der Waals surface area contributed by atoms with Gasteiger partial charge in [-0.3, -0.25) is 4.79 Å². The van der Waals surface area contributed by atoms with E-state index >= 15 is 0 Å². The second-order valence-electron chi connectivity index (χ2n) is 4.91. The molecule has 3 rings (SSSR count). The fourth-order valence-corrected chi connectivity index (χ4v) is 4.53. The molecular formula is C14H16N2O2S2. The van der Waals surface area contributed by atoms with Gasteiger partial charge in [-0.15, -0.1) is 0 Å². The zero-order valence-corrected chi connectivity index (χ0v) is 12.8. The number of carbonyl (C=O) groups is 1. The standard InChI is InChI=1S/C14H16N2O2S2/c1-9-3-2-4-11-13(9)15-14(20-8-12(17)18)16(11)10-5-6-19-7-10/h2-4,10H,5-8H2,1H3,(H,17,18). The molecule has 6 heteroatoms. The van der Waals surface area contributed by atoms with Crippen LogP contribution in [0.15, 0.2) is 23.4 Å². The van der Waals surface area contributed by atoms with Gasteiger partial charge in [-0.2, -0.15) is 11.8 Å². The smallest absolute Gasteiger partial charge is 0.313 e. The maximum absolute atomic E-state index is 10.8. The maximum Gasteiger partial charge on any atom is 0.313 e. The minimum Gasteiger partial charge on any atom is -0.481 e. The highest BCUT2D eigenvalue weighted by Crippen LogP contribution is 2.35. The van der Waals surface area contributed by atoms with Crippen molar-refractivity contribution < 1.29 is 9.90 Å². The Morgan fingerprint density at radius 3 is 3.15 bits per heavy atom. The van der Waals surface area contributed by atoms with Crippen molar-refractivity contribution in [2.24, 2.45) is 0 Å². The second kappa shape index (κ2) is 5.69. The molecule has 0 amide bonds. The number of thioether (sulfide) groups is 2. The van der Waals surface area contributed by atoms with Crippen molar-refractivity contribution in [2.75, 3.05) is 17.3 Å². The average Bonchev–Trinajstić information content (AvgIpc) is 3.03. The number of fused-ring (bicyclic) bond motifs is 1. The van der Waals surface area contributed by atoms with Crippen molar-refractivity contribution in [2.45, 2.75) is 24.5 Å². The molecule has 1 aliphatic rings. The summed E-state index contributed by atoms with van der Waals surface area (Å²) in [7, 11) is 0. The van der Waals surface area contributed by atoms with E-state index in [0.29, 0.717) is 6.04 Å². The van der Waals surface area contributed by atoms with E-state index in [2.05, 4.69) is 28.6 Å². The normalized spacial score (nSPS) is 18.8. The number of rotatable bonds is 4. The van der Waals surface area contributed by atoms with Crippen molar-refractivity contribution in [3.63, 3.8) is 0 Å². The Morgan fingerprint density at radius 1 is 1.60 bits per heavy atom. The number of carboxylic acids is 1. The van der Waals surface area contributed by atoms with E-state index in [1.807, 2.05) is 17.8 Å². The largest absolute Gasteiger partial charge is 0.481 e. The third kappa shape index (κ3) is 2.54. The number of para-hydroxylation sites is 1. The molecule has 1 fully saturated rings. The van der Waals surface area contributed by atoms with Crippen molar-refractivity contribution >= 4 is 40.5 Å². The summed E-state index contributed by atoms with van der Waals surface area (Å²) < 4.78 is 2.25.